The van der Waals surface area contributed by atoms with Crippen molar-refractivity contribution in [3.8, 4) is 0 Å². The van der Waals surface area contributed by atoms with Crippen LogP contribution in [0.5, 0.6) is 0 Å². The zero-order chi connectivity index (χ0) is 12.1. The van der Waals surface area contributed by atoms with Gasteiger partial charge in [0.15, 0.2) is 0 Å². The van der Waals surface area contributed by atoms with E-state index in [0.717, 1.165) is 18.2 Å². The number of rotatable bonds is 4. The van der Waals surface area contributed by atoms with Crippen LogP contribution < -0.4 is 0 Å². The van der Waals surface area contributed by atoms with Crippen molar-refractivity contribution in [1.29, 1.82) is 0 Å². The fraction of sp³-hybridized carbons (Fsp3) is 0.250. The minimum Gasteiger partial charge on any atom is -0.335 e. The van der Waals surface area contributed by atoms with Crippen molar-refractivity contribution >= 4 is 5.91 Å². The second-order valence-electron chi connectivity index (χ2n) is 3.26. The van der Waals surface area contributed by atoms with E-state index in [-0.39, 0.29) is 5.56 Å². The van der Waals surface area contributed by atoms with Gasteiger partial charge >= 0.3 is 0 Å². The molecule has 16 heavy (non-hydrogen) atoms. The highest BCUT2D eigenvalue weighted by molar-refractivity contribution is 5.94. The Morgan fingerprint density at radius 1 is 1.50 bits per heavy atom. The van der Waals surface area contributed by atoms with Crippen molar-refractivity contribution < 1.29 is 13.6 Å². The molecule has 86 valence electrons. The van der Waals surface area contributed by atoms with E-state index in [9.17, 15) is 13.6 Å². The van der Waals surface area contributed by atoms with Gasteiger partial charge in [0.1, 0.15) is 11.6 Å². The van der Waals surface area contributed by atoms with Crippen LogP contribution in [0.25, 0.3) is 0 Å². The number of nitrogens with zero attached hydrogens (tertiary/aromatic N) is 1. The van der Waals surface area contributed by atoms with E-state index in [0.29, 0.717) is 13.1 Å². The molecule has 0 saturated heterocycles. The second kappa shape index (κ2) is 5.39. The van der Waals surface area contributed by atoms with Crippen molar-refractivity contribution in [2.24, 2.45) is 0 Å². The quantitative estimate of drug-likeness (QED) is 0.721. The Bertz CT molecular complexity index is 404. The molecule has 0 aromatic heterocycles. The lowest BCUT2D eigenvalue weighted by molar-refractivity contribution is 0.0777. The Hall–Kier alpha value is -1.71. The molecule has 0 aliphatic rings. The van der Waals surface area contributed by atoms with Gasteiger partial charge in [-0.05, 0) is 25.1 Å². The molecule has 0 atom stereocenters. The minimum absolute atomic E-state index is 0.247. The number of carbonyl (C=O) groups excluding carboxylic acids is 1. The average Bonchev–Trinajstić information content (AvgIpc) is 2.28. The summed E-state index contributed by atoms with van der Waals surface area (Å²) in [4.78, 5) is 13.2. The number of hydrogen-bond acceptors (Lipinski definition) is 1. The summed E-state index contributed by atoms with van der Waals surface area (Å²) < 4.78 is 26.2. The summed E-state index contributed by atoms with van der Waals surface area (Å²) in [5.41, 5.74) is -0.247. The molecule has 0 radical (unpaired) electrons. The van der Waals surface area contributed by atoms with E-state index < -0.39 is 17.5 Å². The van der Waals surface area contributed by atoms with E-state index >= 15 is 0 Å². The van der Waals surface area contributed by atoms with Crippen LogP contribution in [0.2, 0.25) is 0 Å². The Morgan fingerprint density at radius 3 is 2.75 bits per heavy atom. The Balaban J connectivity index is 3.02. The third-order valence-corrected chi connectivity index (χ3v) is 2.18. The average molecular weight is 225 g/mol. The van der Waals surface area contributed by atoms with Crippen molar-refractivity contribution in [2.75, 3.05) is 13.1 Å². The first-order valence-corrected chi connectivity index (χ1v) is 4.95. The lowest BCUT2D eigenvalue weighted by Crippen LogP contribution is -2.31. The van der Waals surface area contributed by atoms with Gasteiger partial charge in [0.2, 0.25) is 0 Å². The monoisotopic (exact) mass is 225 g/mol. The van der Waals surface area contributed by atoms with Gasteiger partial charge in [-0.25, -0.2) is 8.78 Å². The van der Waals surface area contributed by atoms with E-state index in [1.807, 2.05) is 0 Å². The molecule has 0 aliphatic heterocycles. The van der Waals surface area contributed by atoms with Gasteiger partial charge in [-0.1, -0.05) is 6.08 Å². The van der Waals surface area contributed by atoms with Crippen LogP contribution >= 0.6 is 0 Å². The van der Waals surface area contributed by atoms with Crippen molar-refractivity contribution in [3.05, 3.63) is 48.1 Å². The number of halogens is 2. The highest BCUT2D eigenvalue weighted by Crippen LogP contribution is 2.12. The zero-order valence-corrected chi connectivity index (χ0v) is 9.04. The van der Waals surface area contributed by atoms with Crippen molar-refractivity contribution in [1.82, 2.24) is 4.90 Å². The predicted octanol–water partition coefficient (Wildman–Crippen LogP) is 2.61. The number of hydrogen-bond donors (Lipinski definition) is 0. The van der Waals surface area contributed by atoms with Crippen LogP contribution in [0.15, 0.2) is 30.9 Å². The van der Waals surface area contributed by atoms with Gasteiger partial charge in [0, 0.05) is 13.1 Å². The largest absolute Gasteiger partial charge is 0.335 e. The number of likely N-dealkylation sites (N-methyl/N-ethyl adjacent to an activating group) is 1. The molecule has 0 aliphatic carbocycles. The lowest BCUT2D eigenvalue weighted by Gasteiger charge is -2.19. The first-order chi connectivity index (χ1) is 7.60. The Labute approximate surface area is 93.2 Å². The normalized spacial score (nSPS) is 9.94. The number of carbonyl (C=O) groups is 1. The molecule has 1 rings (SSSR count). The maximum Gasteiger partial charge on any atom is 0.257 e. The molecule has 2 nitrogen and oxygen atoms in total. The third-order valence-electron chi connectivity index (χ3n) is 2.18. The molecular formula is C12H13F2NO. The topological polar surface area (TPSA) is 20.3 Å². The molecule has 0 N–H and O–H groups in total. The summed E-state index contributed by atoms with van der Waals surface area (Å²) >= 11 is 0. The molecule has 0 bridgehead atoms. The van der Waals surface area contributed by atoms with Gasteiger partial charge in [-0.3, -0.25) is 4.79 Å². The number of benzene rings is 1. The predicted molar refractivity (Wildman–Crippen MR) is 58.1 cm³/mol. The number of amides is 1. The summed E-state index contributed by atoms with van der Waals surface area (Å²) in [5, 5.41) is 0. The molecule has 1 aromatic carbocycles. The standard InChI is InChI=1S/C12H13F2NO/c1-3-7-15(4-2)12(16)10-8-9(13)5-6-11(10)14/h3,5-6,8H,1,4,7H2,2H3. The molecule has 4 heteroatoms. The van der Waals surface area contributed by atoms with Crippen LogP contribution in [0.1, 0.15) is 17.3 Å². The third kappa shape index (κ3) is 2.66. The molecule has 0 saturated carbocycles. The van der Waals surface area contributed by atoms with Gasteiger partial charge in [-0.2, -0.15) is 0 Å². The fourth-order valence-electron chi connectivity index (χ4n) is 1.34. The maximum absolute atomic E-state index is 13.3. The molecular weight excluding hydrogens is 212 g/mol. The van der Waals surface area contributed by atoms with Crippen LogP contribution in [0, 0.1) is 11.6 Å². The first-order valence-electron chi connectivity index (χ1n) is 4.95. The van der Waals surface area contributed by atoms with Crippen LogP contribution in [0.3, 0.4) is 0 Å². The van der Waals surface area contributed by atoms with Gasteiger partial charge in [0.05, 0.1) is 5.56 Å². The highest BCUT2D eigenvalue weighted by atomic mass is 19.1. The first kappa shape index (κ1) is 12.4. The summed E-state index contributed by atoms with van der Waals surface area (Å²) in [7, 11) is 0. The highest BCUT2D eigenvalue weighted by Gasteiger charge is 2.17. The summed E-state index contributed by atoms with van der Waals surface area (Å²) in [5.74, 6) is -1.87. The van der Waals surface area contributed by atoms with Crippen molar-refractivity contribution in [3.63, 3.8) is 0 Å². The zero-order valence-electron chi connectivity index (χ0n) is 9.04. The molecule has 1 amide bonds. The Kier molecular flexibility index (Phi) is 4.17. The smallest absolute Gasteiger partial charge is 0.257 e. The second-order valence-corrected chi connectivity index (χ2v) is 3.26. The molecule has 0 spiro atoms. The van der Waals surface area contributed by atoms with Crippen LogP contribution in [-0.4, -0.2) is 23.9 Å². The van der Waals surface area contributed by atoms with E-state index in [1.54, 1.807) is 13.0 Å². The van der Waals surface area contributed by atoms with Crippen LogP contribution in [0.4, 0.5) is 8.78 Å². The minimum atomic E-state index is -0.714. The van der Waals surface area contributed by atoms with Gasteiger partial charge in [-0.15, -0.1) is 6.58 Å². The van der Waals surface area contributed by atoms with Gasteiger partial charge in [0.25, 0.3) is 5.91 Å². The lowest BCUT2D eigenvalue weighted by atomic mass is 10.1. The molecule has 1 aromatic rings. The SMILES string of the molecule is C=CCN(CC)C(=O)c1cc(F)ccc1F. The van der Waals surface area contributed by atoms with E-state index in [1.165, 1.54) is 4.90 Å². The summed E-state index contributed by atoms with van der Waals surface area (Å²) in [6.45, 7) is 5.99. The Morgan fingerprint density at radius 2 is 2.19 bits per heavy atom. The van der Waals surface area contributed by atoms with E-state index in [2.05, 4.69) is 6.58 Å². The van der Waals surface area contributed by atoms with Crippen molar-refractivity contribution in [2.45, 2.75) is 6.92 Å². The molecule has 0 fully saturated rings. The fourth-order valence-corrected chi connectivity index (χ4v) is 1.34. The van der Waals surface area contributed by atoms with Crippen LogP contribution in [-0.2, 0) is 0 Å². The molecule has 0 heterocycles. The summed E-state index contributed by atoms with van der Waals surface area (Å²) in [6, 6.07) is 2.84. The maximum atomic E-state index is 13.3. The van der Waals surface area contributed by atoms with Gasteiger partial charge < -0.3 is 4.90 Å². The summed E-state index contributed by atoms with van der Waals surface area (Å²) in [6.07, 6.45) is 1.54. The van der Waals surface area contributed by atoms with E-state index in [4.69, 9.17) is 0 Å². The molecule has 0 unspecified atom stereocenters.